The van der Waals surface area contributed by atoms with Gasteiger partial charge in [0, 0.05) is 18.0 Å². The number of hydrogen-bond acceptors (Lipinski definition) is 3. The Kier molecular flexibility index (Phi) is 4.38. The molecule has 1 N–H and O–H groups in total. The predicted octanol–water partition coefficient (Wildman–Crippen LogP) is 2.43. The van der Waals surface area contributed by atoms with Crippen molar-refractivity contribution in [3.05, 3.63) is 22.4 Å². The summed E-state index contributed by atoms with van der Waals surface area (Å²) in [6, 6.07) is 4.39. The molecule has 0 radical (unpaired) electrons. The monoisotopic (exact) mass is 238 g/mol. The average molecular weight is 238 g/mol. The van der Waals surface area contributed by atoms with E-state index in [4.69, 9.17) is 0 Å². The minimum atomic E-state index is 0.831. The Bertz CT molecular complexity index is 297. The standard InChI is InChI=1S/C13H22N2S/c1-3-15(10-13-5-4-6-16-13)9-12-8-14-7-11(12)2/h4-6,11-12,14H,3,7-10H2,1-2H3. The van der Waals surface area contributed by atoms with Crippen LogP contribution in [-0.4, -0.2) is 31.1 Å². The van der Waals surface area contributed by atoms with Gasteiger partial charge in [0.05, 0.1) is 0 Å². The lowest BCUT2D eigenvalue weighted by atomic mass is 9.97. The van der Waals surface area contributed by atoms with Crippen molar-refractivity contribution in [2.75, 3.05) is 26.2 Å². The number of nitrogens with zero attached hydrogens (tertiary/aromatic N) is 1. The molecule has 16 heavy (non-hydrogen) atoms. The minimum Gasteiger partial charge on any atom is -0.316 e. The normalized spacial score (nSPS) is 25.4. The summed E-state index contributed by atoms with van der Waals surface area (Å²) in [5, 5.41) is 5.66. The topological polar surface area (TPSA) is 15.3 Å². The summed E-state index contributed by atoms with van der Waals surface area (Å²) in [5.74, 6) is 1.66. The van der Waals surface area contributed by atoms with E-state index in [1.54, 1.807) is 0 Å². The third kappa shape index (κ3) is 3.06. The van der Waals surface area contributed by atoms with E-state index >= 15 is 0 Å². The smallest absolute Gasteiger partial charge is 0.0327 e. The summed E-state index contributed by atoms with van der Waals surface area (Å²) < 4.78 is 0. The Morgan fingerprint density at radius 3 is 2.94 bits per heavy atom. The van der Waals surface area contributed by atoms with Crippen LogP contribution in [0, 0.1) is 11.8 Å². The number of nitrogens with one attached hydrogen (secondary N) is 1. The molecule has 1 saturated heterocycles. The minimum absolute atomic E-state index is 0.831. The van der Waals surface area contributed by atoms with Crippen LogP contribution in [0.25, 0.3) is 0 Å². The lowest BCUT2D eigenvalue weighted by Gasteiger charge is -2.25. The van der Waals surface area contributed by atoms with E-state index in [2.05, 4.69) is 41.6 Å². The van der Waals surface area contributed by atoms with E-state index in [-0.39, 0.29) is 0 Å². The molecule has 0 aliphatic carbocycles. The van der Waals surface area contributed by atoms with Crippen LogP contribution in [0.15, 0.2) is 17.5 Å². The van der Waals surface area contributed by atoms with Crippen LogP contribution in [-0.2, 0) is 6.54 Å². The van der Waals surface area contributed by atoms with E-state index in [0.717, 1.165) is 24.9 Å². The molecular weight excluding hydrogens is 216 g/mol. The fraction of sp³-hybridized carbons (Fsp3) is 0.692. The molecular formula is C13H22N2S. The molecule has 90 valence electrons. The van der Waals surface area contributed by atoms with Crippen molar-refractivity contribution in [3.8, 4) is 0 Å². The third-order valence-corrected chi connectivity index (χ3v) is 4.44. The fourth-order valence-corrected chi connectivity index (χ4v) is 3.11. The quantitative estimate of drug-likeness (QED) is 0.847. The average Bonchev–Trinajstić information content (AvgIpc) is 2.90. The highest BCUT2D eigenvalue weighted by atomic mass is 32.1. The van der Waals surface area contributed by atoms with Crippen molar-refractivity contribution in [2.24, 2.45) is 11.8 Å². The van der Waals surface area contributed by atoms with Gasteiger partial charge in [0.2, 0.25) is 0 Å². The van der Waals surface area contributed by atoms with Crippen molar-refractivity contribution in [1.82, 2.24) is 10.2 Å². The lowest BCUT2D eigenvalue weighted by molar-refractivity contribution is 0.222. The van der Waals surface area contributed by atoms with Gasteiger partial charge in [-0.15, -0.1) is 11.3 Å². The van der Waals surface area contributed by atoms with E-state index in [1.807, 2.05) is 11.3 Å². The van der Waals surface area contributed by atoms with Gasteiger partial charge in [0.25, 0.3) is 0 Å². The second-order valence-corrected chi connectivity index (χ2v) is 5.83. The highest BCUT2D eigenvalue weighted by Crippen LogP contribution is 2.19. The Morgan fingerprint density at radius 2 is 2.38 bits per heavy atom. The molecule has 1 aliphatic heterocycles. The highest BCUT2D eigenvalue weighted by molar-refractivity contribution is 7.09. The van der Waals surface area contributed by atoms with E-state index < -0.39 is 0 Å². The summed E-state index contributed by atoms with van der Waals surface area (Å²) in [4.78, 5) is 4.06. The van der Waals surface area contributed by atoms with Gasteiger partial charge in [-0.2, -0.15) is 0 Å². The van der Waals surface area contributed by atoms with Crippen LogP contribution < -0.4 is 5.32 Å². The Labute approximate surface area is 103 Å². The van der Waals surface area contributed by atoms with Crippen LogP contribution >= 0.6 is 11.3 Å². The first-order chi connectivity index (χ1) is 7.79. The second kappa shape index (κ2) is 5.80. The zero-order valence-electron chi connectivity index (χ0n) is 10.3. The number of hydrogen-bond donors (Lipinski definition) is 1. The van der Waals surface area contributed by atoms with Gasteiger partial charge in [-0.1, -0.05) is 19.9 Å². The van der Waals surface area contributed by atoms with Crippen molar-refractivity contribution in [1.29, 1.82) is 0 Å². The SMILES string of the molecule is CCN(Cc1cccs1)CC1CNCC1C. The van der Waals surface area contributed by atoms with Crippen molar-refractivity contribution in [2.45, 2.75) is 20.4 Å². The maximum absolute atomic E-state index is 3.49. The largest absolute Gasteiger partial charge is 0.316 e. The molecule has 0 aromatic carbocycles. The van der Waals surface area contributed by atoms with E-state index in [0.29, 0.717) is 0 Å². The number of thiophene rings is 1. The van der Waals surface area contributed by atoms with Gasteiger partial charge in [0.1, 0.15) is 0 Å². The number of rotatable bonds is 5. The molecule has 0 amide bonds. The molecule has 2 atom stereocenters. The first kappa shape index (κ1) is 12.1. The predicted molar refractivity (Wildman–Crippen MR) is 70.8 cm³/mol. The molecule has 0 bridgehead atoms. The summed E-state index contributed by atoms with van der Waals surface area (Å²) in [5.41, 5.74) is 0. The van der Waals surface area contributed by atoms with Gasteiger partial charge in [-0.3, -0.25) is 4.90 Å². The molecule has 1 aliphatic rings. The molecule has 3 heteroatoms. The zero-order chi connectivity index (χ0) is 11.4. The van der Waals surface area contributed by atoms with Crippen LogP contribution in [0.2, 0.25) is 0 Å². The Balaban J connectivity index is 1.85. The van der Waals surface area contributed by atoms with Gasteiger partial charge < -0.3 is 5.32 Å². The first-order valence-corrected chi connectivity index (χ1v) is 7.13. The second-order valence-electron chi connectivity index (χ2n) is 4.80. The maximum Gasteiger partial charge on any atom is 0.0327 e. The van der Waals surface area contributed by atoms with Crippen LogP contribution in [0.4, 0.5) is 0 Å². The van der Waals surface area contributed by atoms with E-state index in [9.17, 15) is 0 Å². The van der Waals surface area contributed by atoms with Crippen molar-refractivity contribution in [3.63, 3.8) is 0 Å². The van der Waals surface area contributed by atoms with Crippen molar-refractivity contribution < 1.29 is 0 Å². The molecule has 0 spiro atoms. The summed E-state index contributed by atoms with van der Waals surface area (Å²) in [6.07, 6.45) is 0. The third-order valence-electron chi connectivity index (χ3n) is 3.58. The molecule has 2 nitrogen and oxygen atoms in total. The molecule has 2 heterocycles. The zero-order valence-corrected chi connectivity index (χ0v) is 11.1. The Morgan fingerprint density at radius 1 is 1.50 bits per heavy atom. The first-order valence-electron chi connectivity index (χ1n) is 6.25. The summed E-state index contributed by atoms with van der Waals surface area (Å²) in [6.45, 7) is 10.5. The van der Waals surface area contributed by atoms with Crippen LogP contribution in [0.3, 0.4) is 0 Å². The highest BCUT2D eigenvalue weighted by Gasteiger charge is 2.24. The van der Waals surface area contributed by atoms with Gasteiger partial charge in [-0.05, 0) is 42.9 Å². The van der Waals surface area contributed by atoms with Gasteiger partial charge in [-0.25, -0.2) is 0 Å². The molecule has 2 rings (SSSR count). The maximum atomic E-state index is 3.49. The fourth-order valence-electron chi connectivity index (χ4n) is 2.37. The summed E-state index contributed by atoms with van der Waals surface area (Å²) >= 11 is 1.87. The molecule has 1 aromatic rings. The van der Waals surface area contributed by atoms with Gasteiger partial charge in [0.15, 0.2) is 0 Å². The Hall–Kier alpha value is -0.380. The van der Waals surface area contributed by atoms with E-state index in [1.165, 1.54) is 24.5 Å². The van der Waals surface area contributed by atoms with Crippen molar-refractivity contribution >= 4 is 11.3 Å². The van der Waals surface area contributed by atoms with Gasteiger partial charge >= 0.3 is 0 Å². The molecule has 0 saturated carbocycles. The lowest BCUT2D eigenvalue weighted by Crippen LogP contribution is -2.31. The molecule has 2 unspecified atom stereocenters. The summed E-state index contributed by atoms with van der Waals surface area (Å²) in [7, 11) is 0. The van der Waals surface area contributed by atoms with Crippen LogP contribution in [0.1, 0.15) is 18.7 Å². The molecule has 1 aromatic heterocycles. The molecule has 1 fully saturated rings. The van der Waals surface area contributed by atoms with Crippen LogP contribution in [0.5, 0.6) is 0 Å².